The van der Waals surface area contributed by atoms with Gasteiger partial charge in [-0.1, -0.05) is 12.1 Å². The van der Waals surface area contributed by atoms with Crippen LogP contribution in [0.2, 0.25) is 0 Å². The number of rotatable bonds is 5. The average Bonchev–Trinajstić information content (AvgIpc) is 2.91. The second-order valence-corrected chi connectivity index (χ2v) is 7.11. The van der Waals surface area contributed by atoms with Crippen LogP contribution in [0, 0.1) is 6.92 Å². The molecule has 2 atom stereocenters. The molecule has 2 aliphatic rings. The maximum Gasteiger partial charge on any atom is 0.242 e. The van der Waals surface area contributed by atoms with Crippen molar-refractivity contribution < 1.29 is 14.1 Å². The van der Waals surface area contributed by atoms with Crippen LogP contribution in [0.1, 0.15) is 38.4 Å². The fraction of sp³-hybridized carbons (Fsp3) is 0.722. The number of aromatic nitrogens is 1. The van der Waals surface area contributed by atoms with Crippen LogP contribution < -0.4 is 10.6 Å². The summed E-state index contributed by atoms with van der Waals surface area (Å²) in [4.78, 5) is 29.3. The van der Waals surface area contributed by atoms with Crippen molar-refractivity contribution in [3.63, 3.8) is 0 Å². The molecule has 3 heterocycles. The molecule has 1 aromatic rings. The van der Waals surface area contributed by atoms with Gasteiger partial charge in [0.1, 0.15) is 5.76 Å². The number of nitrogens with zero attached hydrogens (tertiary/aromatic N) is 3. The summed E-state index contributed by atoms with van der Waals surface area (Å²) in [6.45, 7) is 7.79. The van der Waals surface area contributed by atoms with Gasteiger partial charge in [0.15, 0.2) is 5.82 Å². The van der Waals surface area contributed by atoms with Crippen LogP contribution in [-0.2, 0) is 9.59 Å². The monoisotopic (exact) mass is 363 g/mol. The van der Waals surface area contributed by atoms with Gasteiger partial charge < -0.3 is 15.2 Å². The summed E-state index contributed by atoms with van der Waals surface area (Å²) in [7, 11) is 0. The molecule has 2 aliphatic heterocycles. The highest BCUT2D eigenvalue weighted by Crippen LogP contribution is 2.18. The second kappa shape index (κ2) is 8.64. The number of piperazine rings is 1. The molecule has 2 saturated heterocycles. The van der Waals surface area contributed by atoms with Gasteiger partial charge in [-0.15, -0.1) is 0 Å². The summed E-state index contributed by atoms with van der Waals surface area (Å²) in [6, 6.07) is 1.50. The standard InChI is InChI=1S/C18H29N5O3/c1-3-14(18(25)20-16-12-13(2)26-21-16)22-8-10-23(11-9-22)15-6-4-5-7-19-17(15)24/h12,14-15H,3-11H2,1-2H3,(H,19,24)(H,20,21,25)/t14-,15+/m1/s1. The SMILES string of the molecule is CC[C@H](C(=O)Nc1cc(C)on1)N1CCN([C@H]2CCCCNC2=O)CC1. The number of aryl methyl sites for hydroxylation is 1. The molecule has 0 spiro atoms. The molecule has 0 saturated carbocycles. The fourth-order valence-corrected chi connectivity index (χ4v) is 3.88. The van der Waals surface area contributed by atoms with Gasteiger partial charge in [-0.2, -0.15) is 0 Å². The van der Waals surface area contributed by atoms with Crippen LogP contribution in [0.4, 0.5) is 5.82 Å². The number of hydrogen-bond acceptors (Lipinski definition) is 6. The van der Waals surface area contributed by atoms with E-state index in [0.717, 1.165) is 58.4 Å². The van der Waals surface area contributed by atoms with E-state index in [1.165, 1.54) is 0 Å². The lowest BCUT2D eigenvalue weighted by atomic mass is 10.1. The van der Waals surface area contributed by atoms with E-state index in [-0.39, 0.29) is 23.9 Å². The van der Waals surface area contributed by atoms with Crippen LogP contribution in [0.15, 0.2) is 10.6 Å². The third-order valence-corrected chi connectivity index (χ3v) is 5.31. The Balaban J connectivity index is 1.55. The number of nitrogens with one attached hydrogen (secondary N) is 2. The Kier molecular flexibility index (Phi) is 6.26. The summed E-state index contributed by atoms with van der Waals surface area (Å²) < 4.78 is 5.00. The Morgan fingerprint density at radius 3 is 2.81 bits per heavy atom. The van der Waals surface area contributed by atoms with Crippen molar-refractivity contribution in [3.8, 4) is 0 Å². The molecular weight excluding hydrogens is 334 g/mol. The van der Waals surface area contributed by atoms with Gasteiger partial charge in [0, 0.05) is 38.8 Å². The zero-order valence-corrected chi connectivity index (χ0v) is 15.7. The van der Waals surface area contributed by atoms with E-state index in [4.69, 9.17) is 4.52 Å². The number of carbonyl (C=O) groups excluding carboxylic acids is 2. The van der Waals surface area contributed by atoms with Crippen molar-refractivity contribution in [1.82, 2.24) is 20.3 Å². The molecule has 2 amide bonds. The quantitative estimate of drug-likeness (QED) is 0.811. The minimum atomic E-state index is -0.197. The Labute approximate surface area is 154 Å². The molecule has 144 valence electrons. The average molecular weight is 363 g/mol. The first-order valence-corrected chi connectivity index (χ1v) is 9.58. The van der Waals surface area contributed by atoms with Crippen LogP contribution in [0.3, 0.4) is 0 Å². The molecule has 2 N–H and O–H groups in total. The lowest BCUT2D eigenvalue weighted by Gasteiger charge is -2.40. The molecule has 8 heteroatoms. The van der Waals surface area contributed by atoms with E-state index in [1.54, 1.807) is 13.0 Å². The number of carbonyl (C=O) groups is 2. The second-order valence-electron chi connectivity index (χ2n) is 7.11. The van der Waals surface area contributed by atoms with Crippen LogP contribution >= 0.6 is 0 Å². The zero-order chi connectivity index (χ0) is 18.5. The van der Waals surface area contributed by atoms with Crippen molar-refractivity contribution in [1.29, 1.82) is 0 Å². The minimum Gasteiger partial charge on any atom is -0.360 e. The Morgan fingerprint density at radius 2 is 2.15 bits per heavy atom. The maximum absolute atomic E-state index is 12.6. The first-order valence-electron chi connectivity index (χ1n) is 9.58. The van der Waals surface area contributed by atoms with E-state index in [1.807, 2.05) is 6.92 Å². The van der Waals surface area contributed by atoms with Gasteiger partial charge in [0.25, 0.3) is 0 Å². The molecule has 0 aliphatic carbocycles. The molecule has 26 heavy (non-hydrogen) atoms. The largest absolute Gasteiger partial charge is 0.360 e. The summed E-state index contributed by atoms with van der Waals surface area (Å²) in [5.74, 6) is 1.23. The van der Waals surface area contributed by atoms with Gasteiger partial charge >= 0.3 is 0 Å². The Hall–Kier alpha value is -1.93. The normalized spacial score (nSPS) is 23.9. The van der Waals surface area contributed by atoms with Crippen molar-refractivity contribution in [2.24, 2.45) is 0 Å². The van der Waals surface area contributed by atoms with Crippen molar-refractivity contribution in [3.05, 3.63) is 11.8 Å². The van der Waals surface area contributed by atoms with Crippen LogP contribution in [0.5, 0.6) is 0 Å². The van der Waals surface area contributed by atoms with Gasteiger partial charge in [-0.25, -0.2) is 0 Å². The highest BCUT2D eigenvalue weighted by atomic mass is 16.5. The van der Waals surface area contributed by atoms with Crippen LogP contribution in [-0.4, -0.2) is 71.6 Å². The Bertz CT molecular complexity index is 624. The number of hydrogen-bond donors (Lipinski definition) is 2. The molecule has 0 aromatic carbocycles. The van der Waals surface area contributed by atoms with Gasteiger partial charge in [0.2, 0.25) is 11.8 Å². The van der Waals surface area contributed by atoms with E-state index in [2.05, 4.69) is 25.6 Å². The Morgan fingerprint density at radius 1 is 1.38 bits per heavy atom. The first-order chi connectivity index (χ1) is 12.6. The topological polar surface area (TPSA) is 90.7 Å². The first kappa shape index (κ1) is 18.8. The predicted molar refractivity (Wildman–Crippen MR) is 97.7 cm³/mol. The molecule has 0 bridgehead atoms. The van der Waals surface area contributed by atoms with Crippen molar-refractivity contribution in [2.75, 3.05) is 38.0 Å². The highest BCUT2D eigenvalue weighted by Gasteiger charge is 2.33. The van der Waals surface area contributed by atoms with E-state index in [9.17, 15) is 9.59 Å². The number of anilines is 1. The molecule has 2 fully saturated rings. The smallest absolute Gasteiger partial charge is 0.242 e. The van der Waals surface area contributed by atoms with Crippen molar-refractivity contribution >= 4 is 17.6 Å². The molecule has 8 nitrogen and oxygen atoms in total. The predicted octanol–water partition coefficient (Wildman–Crippen LogP) is 0.986. The molecule has 0 radical (unpaired) electrons. The van der Waals surface area contributed by atoms with Gasteiger partial charge in [0.05, 0.1) is 12.1 Å². The lowest BCUT2D eigenvalue weighted by molar-refractivity contribution is -0.128. The third-order valence-electron chi connectivity index (χ3n) is 5.31. The molecule has 0 unspecified atom stereocenters. The van der Waals surface area contributed by atoms with E-state index in [0.29, 0.717) is 11.6 Å². The zero-order valence-electron chi connectivity index (χ0n) is 15.7. The molecule has 3 rings (SSSR count). The van der Waals surface area contributed by atoms with Crippen LogP contribution in [0.25, 0.3) is 0 Å². The number of amides is 2. The maximum atomic E-state index is 12.6. The fourth-order valence-electron chi connectivity index (χ4n) is 3.88. The van der Waals surface area contributed by atoms with E-state index < -0.39 is 0 Å². The van der Waals surface area contributed by atoms with Crippen molar-refractivity contribution in [2.45, 2.75) is 51.6 Å². The summed E-state index contributed by atoms with van der Waals surface area (Å²) in [6.07, 6.45) is 3.80. The van der Waals surface area contributed by atoms with Gasteiger partial charge in [-0.3, -0.25) is 19.4 Å². The van der Waals surface area contributed by atoms with Gasteiger partial charge in [-0.05, 0) is 32.6 Å². The summed E-state index contributed by atoms with van der Waals surface area (Å²) >= 11 is 0. The molecule has 1 aromatic heterocycles. The third kappa shape index (κ3) is 4.42. The molecular formula is C18H29N5O3. The van der Waals surface area contributed by atoms with E-state index >= 15 is 0 Å². The lowest BCUT2D eigenvalue weighted by Crippen LogP contribution is -2.57. The summed E-state index contributed by atoms with van der Waals surface area (Å²) in [5.41, 5.74) is 0. The summed E-state index contributed by atoms with van der Waals surface area (Å²) in [5, 5.41) is 9.68. The minimum absolute atomic E-state index is 0.0216. The highest BCUT2D eigenvalue weighted by molar-refractivity contribution is 5.94.